The predicted octanol–water partition coefficient (Wildman–Crippen LogP) is 2.53. The van der Waals surface area contributed by atoms with E-state index in [9.17, 15) is 4.79 Å². The summed E-state index contributed by atoms with van der Waals surface area (Å²) in [7, 11) is 0. The van der Waals surface area contributed by atoms with E-state index in [0.717, 1.165) is 12.8 Å². The SMILES string of the molecule is CC[C@H](CCC(=O)O)C(C)C. The Kier molecular flexibility index (Phi) is 4.92. The highest BCUT2D eigenvalue weighted by Gasteiger charge is 2.11. The summed E-state index contributed by atoms with van der Waals surface area (Å²) in [6.07, 6.45) is 2.23. The highest BCUT2D eigenvalue weighted by molar-refractivity contribution is 5.66. The summed E-state index contributed by atoms with van der Waals surface area (Å²) in [6, 6.07) is 0. The van der Waals surface area contributed by atoms with Crippen LogP contribution in [0.2, 0.25) is 0 Å². The van der Waals surface area contributed by atoms with Gasteiger partial charge in [-0.15, -0.1) is 0 Å². The lowest BCUT2D eigenvalue weighted by Crippen LogP contribution is -2.09. The molecule has 0 spiro atoms. The Morgan fingerprint density at radius 1 is 1.45 bits per heavy atom. The smallest absolute Gasteiger partial charge is 0.303 e. The third kappa shape index (κ3) is 4.82. The van der Waals surface area contributed by atoms with Gasteiger partial charge in [0.1, 0.15) is 0 Å². The van der Waals surface area contributed by atoms with Gasteiger partial charge in [0.15, 0.2) is 0 Å². The fourth-order valence-electron chi connectivity index (χ4n) is 1.32. The van der Waals surface area contributed by atoms with E-state index >= 15 is 0 Å². The standard InChI is InChI=1S/C9H18O2/c1-4-8(7(2)3)5-6-9(10)11/h7-8H,4-6H2,1-3H3,(H,10,11)/t8-/m1/s1. The molecule has 0 heterocycles. The van der Waals surface area contributed by atoms with Gasteiger partial charge in [-0.1, -0.05) is 27.2 Å². The molecule has 0 saturated heterocycles. The van der Waals surface area contributed by atoms with Crippen LogP contribution >= 0.6 is 0 Å². The van der Waals surface area contributed by atoms with Gasteiger partial charge in [0.25, 0.3) is 0 Å². The van der Waals surface area contributed by atoms with Crippen molar-refractivity contribution >= 4 is 5.97 Å². The molecule has 0 aromatic heterocycles. The van der Waals surface area contributed by atoms with Crippen LogP contribution in [0.3, 0.4) is 0 Å². The number of carboxylic acids is 1. The fraction of sp³-hybridized carbons (Fsp3) is 0.889. The minimum atomic E-state index is -0.677. The number of aliphatic carboxylic acids is 1. The van der Waals surface area contributed by atoms with Crippen LogP contribution in [0.15, 0.2) is 0 Å². The van der Waals surface area contributed by atoms with Crippen molar-refractivity contribution in [2.24, 2.45) is 11.8 Å². The van der Waals surface area contributed by atoms with Gasteiger partial charge in [0.05, 0.1) is 0 Å². The predicted molar refractivity (Wildman–Crippen MR) is 45.5 cm³/mol. The molecule has 1 atom stereocenters. The second kappa shape index (κ2) is 5.16. The normalized spacial score (nSPS) is 13.5. The molecular weight excluding hydrogens is 140 g/mol. The van der Waals surface area contributed by atoms with Crippen molar-refractivity contribution in [2.75, 3.05) is 0 Å². The number of hydrogen-bond donors (Lipinski definition) is 1. The second-order valence-corrected chi connectivity index (χ2v) is 3.34. The summed E-state index contributed by atoms with van der Waals surface area (Å²) >= 11 is 0. The zero-order valence-corrected chi connectivity index (χ0v) is 7.63. The summed E-state index contributed by atoms with van der Waals surface area (Å²) in [5, 5.41) is 8.44. The molecule has 0 saturated carbocycles. The highest BCUT2D eigenvalue weighted by Crippen LogP contribution is 2.20. The molecule has 0 aliphatic heterocycles. The van der Waals surface area contributed by atoms with Crippen LogP contribution in [-0.4, -0.2) is 11.1 Å². The van der Waals surface area contributed by atoms with E-state index in [1.807, 2.05) is 0 Å². The van der Waals surface area contributed by atoms with Crippen LogP contribution in [-0.2, 0) is 4.79 Å². The molecule has 0 fully saturated rings. The van der Waals surface area contributed by atoms with E-state index in [2.05, 4.69) is 20.8 Å². The zero-order valence-electron chi connectivity index (χ0n) is 7.63. The largest absolute Gasteiger partial charge is 0.481 e. The molecule has 0 aromatic carbocycles. The quantitative estimate of drug-likeness (QED) is 0.667. The van der Waals surface area contributed by atoms with Crippen molar-refractivity contribution in [1.82, 2.24) is 0 Å². The first-order valence-electron chi connectivity index (χ1n) is 4.29. The summed E-state index contributed by atoms with van der Waals surface area (Å²) < 4.78 is 0. The second-order valence-electron chi connectivity index (χ2n) is 3.34. The highest BCUT2D eigenvalue weighted by atomic mass is 16.4. The van der Waals surface area contributed by atoms with Crippen molar-refractivity contribution in [3.05, 3.63) is 0 Å². The van der Waals surface area contributed by atoms with Crippen LogP contribution < -0.4 is 0 Å². The van der Waals surface area contributed by atoms with E-state index in [0.29, 0.717) is 18.3 Å². The molecular formula is C9H18O2. The Hall–Kier alpha value is -0.530. The molecule has 0 radical (unpaired) electrons. The Morgan fingerprint density at radius 3 is 2.27 bits per heavy atom. The summed E-state index contributed by atoms with van der Waals surface area (Å²) in [5.74, 6) is 0.509. The van der Waals surface area contributed by atoms with Crippen molar-refractivity contribution in [3.8, 4) is 0 Å². The molecule has 66 valence electrons. The van der Waals surface area contributed by atoms with Crippen LogP contribution in [0, 0.1) is 11.8 Å². The topological polar surface area (TPSA) is 37.3 Å². The van der Waals surface area contributed by atoms with Crippen LogP contribution in [0.25, 0.3) is 0 Å². The van der Waals surface area contributed by atoms with Gasteiger partial charge < -0.3 is 5.11 Å². The van der Waals surface area contributed by atoms with E-state index < -0.39 is 5.97 Å². The fourth-order valence-corrected chi connectivity index (χ4v) is 1.32. The summed E-state index contributed by atoms with van der Waals surface area (Å²) in [5.41, 5.74) is 0. The van der Waals surface area contributed by atoms with Crippen molar-refractivity contribution in [1.29, 1.82) is 0 Å². The molecule has 0 aromatic rings. The number of rotatable bonds is 5. The van der Waals surface area contributed by atoms with Gasteiger partial charge >= 0.3 is 5.97 Å². The summed E-state index contributed by atoms with van der Waals surface area (Å²) in [6.45, 7) is 6.42. The molecule has 0 rings (SSSR count). The Bertz CT molecular complexity index is 119. The minimum absolute atomic E-state index is 0.316. The maximum absolute atomic E-state index is 10.2. The molecule has 0 aliphatic carbocycles. The lowest BCUT2D eigenvalue weighted by atomic mass is 9.89. The van der Waals surface area contributed by atoms with E-state index in [4.69, 9.17) is 5.11 Å². The van der Waals surface area contributed by atoms with E-state index in [1.54, 1.807) is 0 Å². The maximum Gasteiger partial charge on any atom is 0.303 e. The third-order valence-electron chi connectivity index (χ3n) is 2.20. The van der Waals surface area contributed by atoms with Gasteiger partial charge in [0.2, 0.25) is 0 Å². The molecule has 2 heteroatoms. The first-order valence-corrected chi connectivity index (χ1v) is 4.29. The van der Waals surface area contributed by atoms with Gasteiger partial charge in [-0.3, -0.25) is 4.79 Å². The molecule has 0 bridgehead atoms. The molecule has 11 heavy (non-hydrogen) atoms. The van der Waals surface area contributed by atoms with Gasteiger partial charge in [-0.2, -0.15) is 0 Å². The third-order valence-corrected chi connectivity index (χ3v) is 2.20. The Labute approximate surface area is 68.6 Å². The molecule has 2 nitrogen and oxygen atoms in total. The number of carbonyl (C=O) groups is 1. The van der Waals surface area contributed by atoms with Gasteiger partial charge in [-0.05, 0) is 18.3 Å². The molecule has 0 aliphatic rings. The first-order chi connectivity index (χ1) is 5.07. The van der Waals surface area contributed by atoms with Gasteiger partial charge in [0, 0.05) is 6.42 Å². The van der Waals surface area contributed by atoms with E-state index in [1.165, 1.54) is 0 Å². The molecule has 0 amide bonds. The Morgan fingerprint density at radius 2 is 2.00 bits per heavy atom. The van der Waals surface area contributed by atoms with Gasteiger partial charge in [-0.25, -0.2) is 0 Å². The lowest BCUT2D eigenvalue weighted by molar-refractivity contribution is -0.137. The monoisotopic (exact) mass is 158 g/mol. The Balaban J connectivity index is 3.61. The van der Waals surface area contributed by atoms with Crippen molar-refractivity contribution < 1.29 is 9.90 Å². The molecule has 0 unspecified atom stereocenters. The van der Waals surface area contributed by atoms with Crippen molar-refractivity contribution in [3.63, 3.8) is 0 Å². The minimum Gasteiger partial charge on any atom is -0.481 e. The van der Waals surface area contributed by atoms with Crippen molar-refractivity contribution in [2.45, 2.75) is 40.0 Å². The first kappa shape index (κ1) is 10.5. The summed E-state index contributed by atoms with van der Waals surface area (Å²) in [4.78, 5) is 10.2. The maximum atomic E-state index is 10.2. The average molecular weight is 158 g/mol. The number of carboxylic acid groups (broad SMARTS) is 1. The molecule has 1 N–H and O–H groups in total. The van der Waals surface area contributed by atoms with Crippen LogP contribution in [0.5, 0.6) is 0 Å². The number of hydrogen-bond acceptors (Lipinski definition) is 1. The lowest BCUT2D eigenvalue weighted by Gasteiger charge is -2.17. The van der Waals surface area contributed by atoms with Crippen LogP contribution in [0.1, 0.15) is 40.0 Å². The van der Waals surface area contributed by atoms with E-state index in [-0.39, 0.29) is 0 Å². The van der Waals surface area contributed by atoms with Crippen LogP contribution in [0.4, 0.5) is 0 Å². The zero-order chi connectivity index (χ0) is 8.85. The average Bonchev–Trinajstić information content (AvgIpc) is 1.87.